The van der Waals surface area contributed by atoms with E-state index in [1.54, 1.807) is 24.3 Å². The largest absolute Gasteiger partial charge is 0.454 e. The maximum atomic E-state index is 12.6. The van der Waals surface area contributed by atoms with Gasteiger partial charge in [-0.3, -0.25) is 29.0 Å². The van der Waals surface area contributed by atoms with E-state index in [4.69, 9.17) is 4.74 Å². The minimum Gasteiger partial charge on any atom is -0.454 e. The van der Waals surface area contributed by atoms with Crippen LogP contribution in [0.2, 0.25) is 0 Å². The summed E-state index contributed by atoms with van der Waals surface area (Å²) in [7, 11) is 0. The molecule has 1 saturated heterocycles. The molecule has 2 heterocycles. The zero-order valence-corrected chi connectivity index (χ0v) is 16.6. The molecule has 1 aliphatic carbocycles. The average molecular weight is 413 g/mol. The van der Waals surface area contributed by atoms with Crippen molar-refractivity contribution >= 4 is 41.0 Å². The topological polar surface area (TPSA) is 113 Å². The van der Waals surface area contributed by atoms with Crippen molar-refractivity contribution in [2.75, 3.05) is 23.4 Å². The number of anilines is 2. The van der Waals surface area contributed by atoms with E-state index in [1.165, 1.54) is 11.8 Å². The normalized spacial score (nSPS) is 24.1. The number of esters is 1. The van der Waals surface area contributed by atoms with Crippen molar-refractivity contribution < 1.29 is 28.7 Å². The van der Waals surface area contributed by atoms with E-state index in [2.05, 4.69) is 5.32 Å². The number of nitrogens with zero attached hydrogens (tertiary/aromatic N) is 2. The number of likely N-dealkylation sites (tertiary alicyclic amines) is 1. The number of fused-ring (bicyclic) bond motifs is 2. The number of nitrogens with one attached hydrogen (secondary N) is 1. The van der Waals surface area contributed by atoms with Crippen molar-refractivity contribution in [3.8, 4) is 0 Å². The highest BCUT2D eigenvalue weighted by molar-refractivity contribution is 6.11. The molecule has 2 fully saturated rings. The minimum atomic E-state index is -1.10. The van der Waals surface area contributed by atoms with Crippen LogP contribution in [0.1, 0.15) is 32.6 Å². The van der Waals surface area contributed by atoms with E-state index in [0.29, 0.717) is 24.2 Å². The molecule has 1 aromatic rings. The quantitative estimate of drug-likeness (QED) is 0.584. The molecule has 2 aliphatic heterocycles. The van der Waals surface area contributed by atoms with Crippen LogP contribution in [0.15, 0.2) is 24.3 Å². The lowest BCUT2D eigenvalue weighted by Crippen LogP contribution is -2.47. The summed E-state index contributed by atoms with van der Waals surface area (Å²) in [6, 6.07) is 5.72. The number of benzene rings is 1. The number of para-hydroxylation sites is 2. The molecule has 0 radical (unpaired) electrons. The Morgan fingerprint density at radius 3 is 2.40 bits per heavy atom. The zero-order chi connectivity index (χ0) is 21.4. The fraction of sp³-hybridized carbons (Fsp3) is 0.476. The summed E-state index contributed by atoms with van der Waals surface area (Å²) >= 11 is 0. The van der Waals surface area contributed by atoms with Gasteiger partial charge in [0, 0.05) is 0 Å². The Balaban J connectivity index is 1.40. The Kier molecular flexibility index (Phi) is 5.27. The van der Waals surface area contributed by atoms with Gasteiger partial charge in [0.15, 0.2) is 6.61 Å². The summed E-state index contributed by atoms with van der Waals surface area (Å²) in [5.41, 5.74) is 1.01. The third kappa shape index (κ3) is 3.44. The van der Waals surface area contributed by atoms with Crippen molar-refractivity contribution in [3.63, 3.8) is 0 Å². The number of hydrogen-bond acceptors (Lipinski definition) is 6. The third-order valence-electron chi connectivity index (χ3n) is 6.01. The van der Waals surface area contributed by atoms with E-state index >= 15 is 0 Å². The second-order valence-electron chi connectivity index (χ2n) is 7.87. The molecule has 9 heteroatoms. The van der Waals surface area contributed by atoms with Gasteiger partial charge < -0.3 is 10.1 Å². The zero-order valence-electron chi connectivity index (χ0n) is 16.6. The summed E-state index contributed by atoms with van der Waals surface area (Å²) in [4.78, 5) is 64.5. The number of ether oxygens (including phenoxy) is 1. The summed E-state index contributed by atoms with van der Waals surface area (Å²) in [5.74, 6) is -3.11. The summed E-state index contributed by atoms with van der Waals surface area (Å²) in [5, 5.41) is 2.68. The molecule has 3 atom stereocenters. The molecule has 1 aromatic carbocycles. The first-order valence-corrected chi connectivity index (χ1v) is 10.1. The highest BCUT2D eigenvalue weighted by Gasteiger charge is 2.51. The van der Waals surface area contributed by atoms with Gasteiger partial charge in [-0.1, -0.05) is 25.0 Å². The number of hydrogen-bond donors (Lipinski definition) is 1. The van der Waals surface area contributed by atoms with E-state index in [9.17, 15) is 24.0 Å². The molecule has 4 rings (SSSR count). The van der Waals surface area contributed by atoms with Crippen LogP contribution >= 0.6 is 0 Å². The maximum Gasteiger partial charge on any atom is 0.329 e. The number of imide groups is 1. The predicted octanol–water partition coefficient (Wildman–Crippen LogP) is 1.08. The third-order valence-corrected chi connectivity index (χ3v) is 6.01. The molecule has 0 aromatic heterocycles. The lowest BCUT2D eigenvalue weighted by Gasteiger charge is -2.29. The highest BCUT2D eigenvalue weighted by atomic mass is 16.5. The average Bonchev–Trinajstić information content (AvgIpc) is 3.01. The summed E-state index contributed by atoms with van der Waals surface area (Å²) in [6.45, 7) is 0.660. The molecule has 1 saturated carbocycles. The lowest BCUT2D eigenvalue weighted by atomic mass is 9.81. The Bertz CT molecular complexity index is 905. The molecule has 0 bridgehead atoms. The standard InChI is InChI=1S/C21H23N3O6/c1-12(24-19(27)13-6-2-3-7-14(13)20(24)28)21(29)30-11-18(26)23-10-17(25)22-15-8-4-5-9-16(15)23/h4-5,8-9,12-14H,2-3,6-7,10-11H2,1H3,(H,22,25)/t12-,13-,14+/m0/s1. The molecular weight excluding hydrogens is 390 g/mol. The second-order valence-corrected chi connectivity index (χ2v) is 7.87. The first kappa shape index (κ1) is 20.1. The van der Waals surface area contributed by atoms with Crippen LogP contribution in [-0.4, -0.2) is 53.7 Å². The molecule has 1 N–H and O–H groups in total. The fourth-order valence-electron chi connectivity index (χ4n) is 4.46. The van der Waals surface area contributed by atoms with Crippen LogP contribution in [0.4, 0.5) is 11.4 Å². The predicted molar refractivity (Wildman–Crippen MR) is 105 cm³/mol. The Morgan fingerprint density at radius 1 is 1.10 bits per heavy atom. The highest BCUT2D eigenvalue weighted by Crippen LogP contribution is 2.39. The van der Waals surface area contributed by atoms with Crippen LogP contribution in [0.5, 0.6) is 0 Å². The summed E-state index contributed by atoms with van der Waals surface area (Å²) < 4.78 is 5.12. The number of carbonyl (C=O) groups is 5. The maximum absolute atomic E-state index is 12.6. The van der Waals surface area contributed by atoms with Crippen LogP contribution in [0.3, 0.4) is 0 Å². The molecule has 3 aliphatic rings. The smallest absolute Gasteiger partial charge is 0.329 e. The van der Waals surface area contributed by atoms with Crippen molar-refractivity contribution in [2.45, 2.75) is 38.6 Å². The number of carbonyl (C=O) groups excluding carboxylic acids is 5. The van der Waals surface area contributed by atoms with Gasteiger partial charge in [0.05, 0.1) is 23.2 Å². The van der Waals surface area contributed by atoms with E-state index in [-0.39, 0.29) is 36.1 Å². The van der Waals surface area contributed by atoms with Gasteiger partial charge in [-0.2, -0.15) is 0 Å². The molecular formula is C21H23N3O6. The fourth-order valence-corrected chi connectivity index (χ4v) is 4.46. The first-order chi connectivity index (χ1) is 14.4. The van der Waals surface area contributed by atoms with E-state index < -0.39 is 24.5 Å². The second kappa shape index (κ2) is 7.89. The van der Waals surface area contributed by atoms with E-state index in [0.717, 1.165) is 17.7 Å². The van der Waals surface area contributed by atoms with Gasteiger partial charge in [0.25, 0.3) is 5.91 Å². The first-order valence-electron chi connectivity index (χ1n) is 10.1. The van der Waals surface area contributed by atoms with Gasteiger partial charge >= 0.3 is 5.97 Å². The lowest BCUT2D eigenvalue weighted by molar-refractivity contribution is -0.159. The van der Waals surface area contributed by atoms with Crippen molar-refractivity contribution in [1.29, 1.82) is 0 Å². The monoisotopic (exact) mass is 413 g/mol. The summed E-state index contributed by atoms with van der Waals surface area (Å²) in [6.07, 6.45) is 3.10. The molecule has 9 nitrogen and oxygen atoms in total. The Labute approximate surface area is 173 Å². The van der Waals surface area contributed by atoms with Gasteiger partial charge in [-0.15, -0.1) is 0 Å². The van der Waals surface area contributed by atoms with Crippen LogP contribution in [-0.2, 0) is 28.7 Å². The number of amides is 4. The van der Waals surface area contributed by atoms with Crippen LogP contribution < -0.4 is 10.2 Å². The van der Waals surface area contributed by atoms with Crippen molar-refractivity contribution in [2.24, 2.45) is 11.8 Å². The molecule has 0 unspecified atom stereocenters. The van der Waals surface area contributed by atoms with Gasteiger partial charge in [-0.25, -0.2) is 4.79 Å². The van der Waals surface area contributed by atoms with Crippen LogP contribution in [0.25, 0.3) is 0 Å². The SMILES string of the molecule is C[C@@H](C(=O)OCC(=O)N1CC(=O)Nc2ccccc21)N1C(=O)[C@H]2CCCC[C@H]2C1=O. The Morgan fingerprint density at radius 2 is 1.73 bits per heavy atom. The molecule has 0 spiro atoms. The molecule has 30 heavy (non-hydrogen) atoms. The van der Waals surface area contributed by atoms with E-state index in [1.807, 2.05) is 0 Å². The number of rotatable bonds is 4. The van der Waals surface area contributed by atoms with Crippen molar-refractivity contribution in [1.82, 2.24) is 4.90 Å². The molecule has 4 amide bonds. The minimum absolute atomic E-state index is 0.185. The molecule has 158 valence electrons. The van der Waals surface area contributed by atoms with Gasteiger partial charge in [-0.05, 0) is 31.9 Å². The van der Waals surface area contributed by atoms with Gasteiger partial charge in [0.1, 0.15) is 12.6 Å². The van der Waals surface area contributed by atoms with Crippen LogP contribution in [0, 0.1) is 11.8 Å². The van der Waals surface area contributed by atoms with Gasteiger partial charge in [0.2, 0.25) is 17.7 Å². The van der Waals surface area contributed by atoms with Crippen molar-refractivity contribution in [3.05, 3.63) is 24.3 Å². The Hall–Kier alpha value is -3.23.